The van der Waals surface area contributed by atoms with Crippen LogP contribution in [0.2, 0.25) is 0 Å². The molecule has 0 fully saturated rings. The molecule has 2 unspecified atom stereocenters. The van der Waals surface area contributed by atoms with Gasteiger partial charge in [0.1, 0.15) is 45.6 Å². The SMILES string of the molecule is Cc1nc(-c2ccc(F)cc2)sc1C(=O)NC(C)C(O)(Cn1cncn1)c1ccc(F)cc1F. The Hall–Kier alpha value is -3.57. The van der Waals surface area contributed by atoms with Crippen LogP contribution < -0.4 is 5.32 Å². The first-order chi connectivity index (χ1) is 16.2. The fraction of sp³-hybridized carbons (Fsp3) is 0.217. The molecule has 11 heteroatoms. The van der Waals surface area contributed by atoms with Crippen molar-refractivity contribution in [3.8, 4) is 10.6 Å². The molecule has 0 aliphatic rings. The Morgan fingerprint density at radius 3 is 2.53 bits per heavy atom. The van der Waals surface area contributed by atoms with Gasteiger partial charge in [-0.2, -0.15) is 5.10 Å². The predicted octanol–water partition coefficient (Wildman–Crippen LogP) is 3.83. The molecule has 7 nitrogen and oxygen atoms in total. The first-order valence-corrected chi connectivity index (χ1v) is 11.0. The second-order valence-electron chi connectivity index (χ2n) is 7.78. The molecule has 4 aromatic rings. The third-order valence-corrected chi connectivity index (χ3v) is 6.63. The number of thiazole rings is 1. The number of aromatic nitrogens is 4. The van der Waals surface area contributed by atoms with Crippen LogP contribution in [0.15, 0.2) is 55.1 Å². The lowest BCUT2D eigenvalue weighted by Crippen LogP contribution is -2.51. The van der Waals surface area contributed by atoms with Crippen LogP contribution in [-0.2, 0) is 12.1 Å². The van der Waals surface area contributed by atoms with Gasteiger partial charge in [0.25, 0.3) is 5.91 Å². The number of halogens is 3. The van der Waals surface area contributed by atoms with E-state index < -0.39 is 29.2 Å². The molecule has 0 saturated heterocycles. The van der Waals surface area contributed by atoms with Crippen molar-refractivity contribution < 1.29 is 23.1 Å². The summed E-state index contributed by atoms with van der Waals surface area (Å²) in [7, 11) is 0. The van der Waals surface area contributed by atoms with E-state index in [1.807, 2.05) is 0 Å². The second-order valence-corrected chi connectivity index (χ2v) is 8.78. The highest BCUT2D eigenvalue weighted by molar-refractivity contribution is 7.17. The molecule has 0 spiro atoms. The van der Waals surface area contributed by atoms with Crippen LogP contribution in [0.4, 0.5) is 13.2 Å². The van der Waals surface area contributed by atoms with Gasteiger partial charge in [0.15, 0.2) is 0 Å². The minimum absolute atomic E-state index is 0.203. The van der Waals surface area contributed by atoms with Crippen LogP contribution in [0.25, 0.3) is 10.6 Å². The second kappa shape index (κ2) is 9.35. The summed E-state index contributed by atoms with van der Waals surface area (Å²) in [5, 5.41) is 18.7. The highest BCUT2D eigenvalue weighted by atomic mass is 32.1. The molecule has 34 heavy (non-hydrogen) atoms. The topological polar surface area (TPSA) is 92.9 Å². The van der Waals surface area contributed by atoms with Gasteiger partial charge in [-0.25, -0.2) is 27.8 Å². The molecule has 0 saturated carbocycles. The van der Waals surface area contributed by atoms with Crippen LogP contribution in [0.1, 0.15) is 27.9 Å². The fourth-order valence-electron chi connectivity index (χ4n) is 3.56. The molecule has 2 atom stereocenters. The molecule has 1 amide bonds. The lowest BCUT2D eigenvalue weighted by atomic mass is 9.86. The maximum atomic E-state index is 14.7. The number of aryl methyl sites for hydroxylation is 1. The molecule has 2 N–H and O–H groups in total. The average Bonchev–Trinajstić information content (AvgIpc) is 3.43. The normalized spacial score (nSPS) is 13.9. The summed E-state index contributed by atoms with van der Waals surface area (Å²) in [5.41, 5.74) is -1.09. The lowest BCUT2D eigenvalue weighted by molar-refractivity contribution is -0.0185. The molecule has 176 valence electrons. The Labute approximate surface area is 196 Å². The van der Waals surface area contributed by atoms with Gasteiger partial charge in [-0.15, -0.1) is 11.3 Å². The monoisotopic (exact) mass is 487 g/mol. The quantitative estimate of drug-likeness (QED) is 0.413. The highest BCUT2D eigenvalue weighted by Crippen LogP contribution is 2.32. The summed E-state index contributed by atoms with van der Waals surface area (Å²) in [6.45, 7) is 2.92. The minimum Gasteiger partial charge on any atom is -0.381 e. The van der Waals surface area contributed by atoms with Crippen molar-refractivity contribution in [1.82, 2.24) is 25.1 Å². The highest BCUT2D eigenvalue weighted by Gasteiger charge is 2.40. The van der Waals surface area contributed by atoms with Gasteiger partial charge in [0.2, 0.25) is 0 Å². The van der Waals surface area contributed by atoms with Crippen LogP contribution >= 0.6 is 11.3 Å². The largest absolute Gasteiger partial charge is 0.381 e. The number of aliphatic hydroxyl groups is 1. The first-order valence-electron chi connectivity index (χ1n) is 10.2. The van der Waals surface area contributed by atoms with Gasteiger partial charge in [0, 0.05) is 17.2 Å². The van der Waals surface area contributed by atoms with E-state index in [0.29, 0.717) is 22.3 Å². The fourth-order valence-corrected chi connectivity index (χ4v) is 4.54. The van der Waals surface area contributed by atoms with Gasteiger partial charge < -0.3 is 10.4 Å². The van der Waals surface area contributed by atoms with Gasteiger partial charge in [-0.1, -0.05) is 6.07 Å². The molecule has 0 aliphatic heterocycles. The van der Waals surface area contributed by atoms with E-state index in [-0.39, 0.29) is 22.8 Å². The average molecular weight is 488 g/mol. The predicted molar refractivity (Wildman–Crippen MR) is 119 cm³/mol. The van der Waals surface area contributed by atoms with E-state index in [2.05, 4.69) is 20.4 Å². The Kier molecular flexibility index (Phi) is 6.49. The van der Waals surface area contributed by atoms with E-state index in [1.54, 1.807) is 19.1 Å². The number of hydrogen-bond donors (Lipinski definition) is 2. The van der Waals surface area contributed by atoms with Crippen LogP contribution in [-0.4, -0.2) is 36.8 Å². The van der Waals surface area contributed by atoms with Crippen molar-refractivity contribution in [2.24, 2.45) is 0 Å². The standard InChI is InChI=1S/C23H20F3N5O2S/c1-13-20(34-22(29-13)15-3-5-16(24)6-4-15)21(32)30-14(2)23(33,10-31-12-27-11-28-31)18-8-7-17(25)9-19(18)26/h3-9,11-12,14,33H,10H2,1-2H3,(H,30,32). The first kappa shape index (κ1) is 23.6. The number of carbonyl (C=O) groups is 1. The molecular weight excluding hydrogens is 467 g/mol. The molecule has 0 aliphatic carbocycles. The Morgan fingerprint density at radius 2 is 1.88 bits per heavy atom. The van der Waals surface area contributed by atoms with E-state index in [1.165, 1.54) is 36.4 Å². The van der Waals surface area contributed by atoms with E-state index in [0.717, 1.165) is 23.5 Å². The number of nitrogens with one attached hydrogen (secondary N) is 1. The molecule has 4 rings (SSSR count). The van der Waals surface area contributed by atoms with Crippen molar-refractivity contribution in [1.29, 1.82) is 0 Å². The zero-order valence-corrected chi connectivity index (χ0v) is 19.0. The Morgan fingerprint density at radius 1 is 1.18 bits per heavy atom. The molecule has 2 heterocycles. The molecule has 0 bridgehead atoms. The summed E-state index contributed by atoms with van der Waals surface area (Å²) in [6.07, 6.45) is 2.59. The van der Waals surface area contributed by atoms with Gasteiger partial charge in [-0.3, -0.25) is 4.79 Å². The van der Waals surface area contributed by atoms with Crippen LogP contribution in [0.3, 0.4) is 0 Å². The minimum atomic E-state index is -1.99. The summed E-state index contributed by atoms with van der Waals surface area (Å²) >= 11 is 1.11. The number of carbonyl (C=O) groups excluding carboxylic acids is 1. The number of hydrogen-bond acceptors (Lipinski definition) is 6. The maximum Gasteiger partial charge on any atom is 0.263 e. The van der Waals surface area contributed by atoms with Gasteiger partial charge >= 0.3 is 0 Å². The van der Waals surface area contributed by atoms with Crippen molar-refractivity contribution in [3.05, 3.63) is 88.7 Å². The number of amides is 1. The van der Waals surface area contributed by atoms with Crippen molar-refractivity contribution in [3.63, 3.8) is 0 Å². The Bertz CT molecular complexity index is 1310. The summed E-state index contributed by atoms with van der Waals surface area (Å²) in [5.74, 6) is -2.68. The third kappa shape index (κ3) is 4.70. The van der Waals surface area contributed by atoms with E-state index >= 15 is 0 Å². The maximum absolute atomic E-state index is 14.7. The van der Waals surface area contributed by atoms with E-state index in [4.69, 9.17) is 0 Å². The smallest absolute Gasteiger partial charge is 0.263 e. The van der Waals surface area contributed by atoms with Crippen LogP contribution in [0, 0.1) is 24.4 Å². The zero-order valence-electron chi connectivity index (χ0n) is 18.2. The summed E-state index contributed by atoms with van der Waals surface area (Å²) in [6, 6.07) is 7.53. The summed E-state index contributed by atoms with van der Waals surface area (Å²) < 4.78 is 42.7. The lowest BCUT2D eigenvalue weighted by Gasteiger charge is -2.35. The molecular formula is C23H20F3N5O2S. The number of rotatable bonds is 7. The van der Waals surface area contributed by atoms with Crippen molar-refractivity contribution in [2.75, 3.05) is 0 Å². The molecule has 2 aromatic carbocycles. The summed E-state index contributed by atoms with van der Waals surface area (Å²) in [4.78, 5) is 21.6. The molecule has 2 aromatic heterocycles. The van der Waals surface area contributed by atoms with Gasteiger partial charge in [0.05, 0.1) is 18.3 Å². The van der Waals surface area contributed by atoms with Crippen molar-refractivity contribution >= 4 is 17.2 Å². The number of benzene rings is 2. The van der Waals surface area contributed by atoms with Gasteiger partial charge in [-0.05, 0) is 44.2 Å². The van der Waals surface area contributed by atoms with Crippen molar-refractivity contribution in [2.45, 2.75) is 32.0 Å². The number of nitrogens with zero attached hydrogens (tertiary/aromatic N) is 4. The van der Waals surface area contributed by atoms with E-state index in [9.17, 15) is 23.1 Å². The van der Waals surface area contributed by atoms with Crippen LogP contribution in [0.5, 0.6) is 0 Å². The third-order valence-electron chi connectivity index (χ3n) is 5.43. The Balaban J connectivity index is 1.63. The zero-order chi connectivity index (χ0) is 24.5. The molecule has 0 radical (unpaired) electrons.